The number of carbonyl (C=O) groups is 2. The molecule has 9 heteroatoms. The second-order valence-electron chi connectivity index (χ2n) is 5.27. The second-order valence-corrected chi connectivity index (χ2v) is 6.59. The van der Waals surface area contributed by atoms with Crippen molar-refractivity contribution in [1.29, 1.82) is 0 Å². The molecule has 136 valence electrons. The molecule has 7 nitrogen and oxygen atoms in total. The molecule has 1 aromatic carbocycles. The number of furan rings is 1. The van der Waals surface area contributed by atoms with E-state index in [1.54, 1.807) is 24.3 Å². The fourth-order valence-electron chi connectivity index (χ4n) is 2.11. The summed E-state index contributed by atoms with van der Waals surface area (Å²) in [6, 6.07) is 13.8. The molecule has 0 atom stereocenters. The number of pyridine rings is 1. The third kappa shape index (κ3) is 4.99. The van der Waals surface area contributed by atoms with Crippen LogP contribution in [0.5, 0.6) is 0 Å². The summed E-state index contributed by atoms with van der Waals surface area (Å²) in [7, 11) is 0. The third-order valence-electron chi connectivity index (χ3n) is 3.42. The van der Waals surface area contributed by atoms with E-state index in [0.717, 1.165) is 10.0 Å². The lowest BCUT2D eigenvalue weighted by Gasteiger charge is -2.09. The van der Waals surface area contributed by atoms with Crippen LogP contribution in [0.4, 0.5) is 0 Å². The van der Waals surface area contributed by atoms with E-state index in [0.29, 0.717) is 11.3 Å². The molecule has 3 aromatic rings. The number of hydrazine groups is 1. The number of hydrogen-bond donors (Lipinski definition) is 3. The van der Waals surface area contributed by atoms with Crippen molar-refractivity contribution >= 4 is 45.1 Å². The average molecular weight is 445 g/mol. The number of nitrogens with zero attached hydrogens (tertiary/aromatic N) is 1. The van der Waals surface area contributed by atoms with Crippen LogP contribution < -0.4 is 16.2 Å². The molecule has 0 saturated carbocycles. The monoisotopic (exact) mass is 444 g/mol. The van der Waals surface area contributed by atoms with Gasteiger partial charge in [-0.1, -0.05) is 28.1 Å². The van der Waals surface area contributed by atoms with Gasteiger partial charge in [-0.05, 0) is 48.6 Å². The van der Waals surface area contributed by atoms with Crippen LogP contribution in [0.25, 0.3) is 11.3 Å². The number of aromatic nitrogens is 1. The predicted octanol–water partition coefficient (Wildman–Crippen LogP) is 3.05. The molecular formula is C18H13BrN4O3S. The Labute approximate surface area is 168 Å². The van der Waals surface area contributed by atoms with Crippen LogP contribution in [0.3, 0.4) is 0 Å². The lowest BCUT2D eigenvalue weighted by Crippen LogP contribution is -2.48. The second kappa shape index (κ2) is 8.56. The highest BCUT2D eigenvalue weighted by Crippen LogP contribution is 2.23. The van der Waals surface area contributed by atoms with Crippen molar-refractivity contribution in [3.8, 4) is 11.3 Å². The number of thiocarbonyl (C=S) groups is 1. The highest BCUT2D eigenvalue weighted by Gasteiger charge is 2.14. The topological polar surface area (TPSA) is 96.3 Å². The van der Waals surface area contributed by atoms with Crippen LogP contribution in [0.2, 0.25) is 0 Å². The van der Waals surface area contributed by atoms with E-state index in [2.05, 4.69) is 37.1 Å². The zero-order chi connectivity index (χ0) is 19.2. The number of halogens is 1. The molecule has 2 amide bonds. The van der Waals surface area contributed by atoms with Gasteiger partial charge < -0.3 is 4.42 Å². The highest BCUT2D eigenvalue weighted by atomic mass is 79.9. The molecule has 0 spiro atoms. The van der Waals surface area contributed by atoms with Crippen molar-refractivity contribution in [2.75, 3.05) is 0 Å². The van der Waals surface area contributed by atoms with Crippen molar-refractivity contribution in [1.82, 2.24) is 21.2 Å². The number of nitrogens with one attached hydrogen (secondary N) is 3. The summed E-state index contributed by atoms with van der Waals surface area (Å²) in [6.45, 7) is 0. The molecule has 3 rings (SSSR count). The van der Waals surface area contributed by atoms with Gasteiger partial charge in [-0.2, -0.15) is 0 Å². The highest BCUT2D eigenvalue weighted by molar-refractivity contribution is 9.10. The van der Waals surface area contributed by atoms with E-state index < -0.39 is 11.8 Å². The van der Waals surface area contributed by atoms with E-state index in [1.807, 2.05) is 24.3 Å². The molecule has 0 unspecified atom stereocenters. The fourth-order valence-corrected chi connectivity index (χ4v) is 2.52. The molecule has 0 saturated heterocycles. The maximum Gasteiger partial charge on any atom is 0.293 e. The van der Waals surface area contributed by atoms with Crippen LogP contribution in [-0.4, -0.2) is 21.9 Å². The molecule has 0 radical (unpaired) electrons. The Morgan fingerprint density at radius 2 is 1.63 bits per heavy atom. The van der Waals surface area contributed by atoms with Crippen molar-refractivity contribution in [3.63, 3.8) is 0 Å². The first-order valence-corrected chi connectivity index (χ1v) is 8.90. The summed E-state index contributed by atoms with van der Waals surface area (Å²) in [4.78, 5) is 27.9. The summed E-state index contributed by atoms with van der Waals surface area (Å²) in [5, 5.41) is 2.36. The van der Waals surface area contributed by atoms with Gasteiger partial charge in [-0.15, -0.1) is 0 Å². The van der Waals surface area contributed by atoms with Gasteiger partial charge in [0.1, 0.15) is 5.76 Å². The molecule has 0 fully saturated rings. The molecule has 0 bridgehead atoms. The number of hydrogen-bond acceptors (Lipinski definition) is 5. The zero-order valence-corrected chi connectivity index (χ0v) is 16.1. The number of benzene rings is 1. The SMILES string of the molecule is O=C(NNC(=S)NC(=O)c1ccc(-c2ccc(Br)cc2)o1)c1ccncc1. The Bertz CT molecular complexity index is 974. The first-order chi connectivity index (χ1) is 13.0. The number of rotatable bonds is 3. The lowest BCUT2D eigenvalue weighted by molar-refractivity contribution is 0.0927. The Morgan fingerprint density at radius 3 is 2.33 bits per heavy atom. The van der Waals surface area contributed by atoms with Crippen LogP contribution in [0.1, 0.15) is 20.9 Å². The smallest absolute Gasteiger partial charge is 0.293 e. The fraction of sp³-hybridized carbons (Fsp3) is 0. The van der Waals surface area contributed by atoms with E-state index in [4.69, 9.17) is 16.6 Å². The summed E-state index contributed by atoms with van der Waals surface area (Å²) in [6.07, 6.45) is 2.99. The van der Waals surface area contributed by atoms with Crippen molar-refractivity contribution in [2.24, 2.45) is 0 Å². The first kappa shape index (κ1) is 18.7. The van der Waals surface area contributed by atoms with Gasteiger partial charge in [0.2, 0.25) is 0 Å². The Balaban J connectivity index is 1.55. The van der Waals surface area contributed by atoms with Crippen LogP contribution >= 0.6 is 28.1 Å². The molecule has 0 aliphatic heterocycles. The minimum absolute atomic E-state index is 0.0657. The van der Waals surface area contributed by atoms with Crippen molar-refractivity contribution in [3.05, 3.63) is 76.7 Å². The molecule has 0 aliphatic carbocycles. The maximum atomic E-state index is 12.2. The summed E-state index contributed by atoms with van der Waals surface area (Å²) in [5.74, 6) is -0.298. The maximum absolute atomic E-state index is 12.2. The summed E-state index contributed by atoms with van der Waals surface area (Å²) in [5.41, 5.74) is 6.08. The van der Waals surface area contributed by atoms with E-state index in [9.17, 15) is 9.59 Å². The van der Waals surface area contributed by atoms with E-state index >= 15 is 0 Å². The molecule has 0 aliphatic rings. The number of carbonyl (C=O) groups excluding carboxylic acids is 2. The molecule has 27 heavy (non-hydrogen) atoms. The van der Waals surface area contributed by atoms with Gasteiger partial charge >= 0.3 is 0 Å². The lowest BCUT2D eigenvalue weighted by atomic mass is 10.2. The standard InChI is InChI=1S/C18H13BrN4O3S/c19-13-3-1-11(2-4-13)14-5-6-15(26-14)17(25)21-18(27)23-22-16(24)12-7-9-20-10-8-12/h1-10H,(H,22,24)(H2,21,23,25,27). The van der Waals surface area contributed by atoms with Crippen molar-refractivity contribution < 1.29 is 14.0 Å². The van der Waals surface area contributed by atoms with Gasteiger partial charge in [0.25, 0.3) is 11.8 Å². The minimum atomic E-state index is -0.533. The normalized spacial score (nSPS) is 10.1. The number of amides is 2. The Morgan fingerprint density at radius 1 is 0.926 bits per heavy atom. The van der Waals surface area contributed by atoms with Gasteiger partial charge in [0.05, 0.1) is 0 Å². The minimum Gasteiger partial charge on any atom is -0.451 e. The summed E-state index contributed by atoms with van der Waals surface area (Å²) >= 11 is 8.36. The van der Waals surface area contributed by atoms with Crippen LogP contribution in [-0.2, 0) is 0 Å². The van der Waals surface area contributed by atoms with Crippen molar-refractivity contribution in [2.45, 2.75) is 0 Å². The Kier molecular flexibility index (Phi) is 5.94. The largest absolute Gasteiger partial charge is 0.451 e. The van der Waals surface area contributed by atoms with Gasteiger partial charge in [-0.3, -0.25) is 30.7 Å². The molecule has 2 aromatic heterocycles. The van der Waals surface area contributed by atoms with Gasteiger partial charge in [-0.25, -0.2) is 0 Å². The molecule has 2 heterocycles. The van der Waals surface area contributed by atoms with Gasteiger partial charge in [0, 0.05) is 28.0 Å². The average Bonchev–Trinajstić information content (AvgIpc) is 3.18. The predicted molar refractivity (Wildman–Crippen MR) is 107 cm³/mol. The van der Waals surface area contributed by atoms with E-state index in [-0.39, 0.29) is 10.9 Å². The van der Waals surface area contributed by atoms with Gasteiger partial charge in [0.15, 0.2) is 10.9 Å². The molecule has 3 N–H and O–H groups in total. The first-order valence-electron chi connectivity index (χ1n) is 7.70. The zero-order valence-electron chi connectivity index (χ0n) is 13.7. The van der Waals surface area contributed by atoms with E-state index in [1.165, 1.54) is 12.4 Å². The van der Waals surface area contributed by atoms with Crippen LogP contribution in [0.15, 0.2) is 69.8 Å². The summed E-state index contributed by atoms with van der Waals surface area (Å²) < 4.78 is 6.50. The molecular weight excluding hydrogens is 432 g/mol. The van der Waals surface area contributed by atoms with Crippen LogP contribution in [0, 0.1) is 0 Å². The third-order valence-corrected chi connectivity index (χ3v) is 4.15. The quantitative estimate of drug-likeness (QED) is 0.424. The Hall–Kier alpha value is -3.04.